The van der Waals surface area contributed by atoms with Gasteiger partial charge >= 0.3 is 18.2 Å². The number of alkyl carbamates (subject to hydrolysis) is 2. The Balaban J connectivity index is 1.40. The molecule has 3 rings (SSSR count). The molecule has 10 nitrogen and oxygen atoms in total. The molecule has 10 heteroatoms. The molecule has 2 aromatic rings. The first kappa shape index (κ1) is 28.5. The first-order valence-electron chi connectivity index (χ1n) is 12.6. The van der Waals surface area contributed by atoms with Crippen molar-refractivity contribution in [2.75, 3.05) is 32.8 Å². The van der Waals surface area contributed by atoms with Crippen LogP contribution < -0.4 is 10.6 Å². The number of carboxylic acids is 1. The van der Waals surface area contributed by atoms with Crippen molar-refractivity contribution in [3.63, 3.8) is 0 Å². The highest BCUT2D eigenvalue weighted by atomic mass is 16.6. The van der Waals surface area contributed by atoms with Gasteiger partial charge in [0.05, 0.1) is 0 Å². The van der Waals surface area contributed by atoms with Crippen LogP contribution in [0.15, 0.2) is 48.5 Å². The number of nitrogens with zero attached hydrogens (tertiary/aromatic N) is 1. The summed E-state index contributed by atoms with van der Waals surface area (Å²) in [5.41, 5.74) is 3.85. The molecule has 0 aromatic heterocycles. The summed E-state index contributed by atoms with van der Waals surface area (Å²) < 4.78 is 10.6. The average Bonchev–Trinajstić information content (AvgIpc) is 3.17. The summed E-state index contributed by atoms with van der Waals surface area (Å²) in [5.74, 6) is -1.60. The van der Waals surface area contributed by atoms with E-state index in [2.05, 4.69) is 22.8 Å². The molecule has 0 bridgehead atoms. The minimum atomic E-state index is -1.16. The minimum Gasteiger partial charge on any atom is -0.480 e. The zero-order valence-corrected chi connectivity index (χ0v) is 22.0. The Morgan fingerprint density at radius 1 is 0.895 bits per heavy atom. The van der Waals surface area contributed by atoms with Crippen LogP contribution in [0.5, 0.6) is 0 Å². The predicted molar refractivity (Wildman–Crippen MR) is 141 cm³/mol. The maximum atomic E-state index is 12.5. The van der Waals surface area contributed by atoms with Gasteiger partial charge in [-0.2, -0.15) is 0 Å². The highest BCUT2D eigenvalue weighted by Gasteiger charge is 2.29. The Bertz CT molecular complexity index is 1110. The molecule has 3 N–H and O–H groups in total. The number of aliphatic carboxylic acids is 1. The van der Waals surface area contributed by atoms with Crippen LogP contribution >= 0.6 is 0 Å². The maximum Gasteiger partial charge on any atom is 0.407 e. The molecule has 0 spiro atoms. The summed E-state index contributed by atoms with van der Waals surface area (Å²) in [6.45, 7) is 5.14. The number of benzene rings is 2. The number of nitrogens with one attached hydrogen (secondary N) is 2. The molecule has 0 radical (unpaired) electrons. The van der Waals surface area contributed by atoms with E-state index >= 15 is 0 Å². The van der Waals surface area contributed by atoms with Crippen molar-refractivity contribution in [3.05, 3.63) is 59.7 Å². The van der Waals surface area contributed by atoms with Crippen LogP contribution in [0, 0.1) is 0 Å². The molecule has 38 heavy (non-hydrogen) atoms. The van der Waals surface area contributed by atoms with Gasteiger partial charge in [-0.05, 0) is 49.4 Å². The Morgan fingerprint density at radius 2 is 1.47 bits per heavy atom. The van der Waals surface area contributed by atoms with Gasteiger partial charge in [-0.1, -0.05) is 48.5 Å². The van der Waals surface area contributed by atoms with E-state index in [0.717, 1.165) is 27.2 Å². The zero-order valence-electron chi connectivity index (χ0n) is 22.0. The second kappa shape index (κ2) is 12.9. The number of fused-ring (bicyclic) bond motifs is 3. The SMILES string of the molecule is CC(C)(C)OC(=O)NCCN(CC(=O)O)C(=O)CCCNC(=O)OCC1c2ccccc2-c2ccccc21. The molecule has 204 valence electrons. The fraction of sp³-hybridized carbons (Fsp3) is 0.429. The zero-order chi connectivity index (χ0) is 27.7. The van der Waals surface area contributed by atoms with Crippen LogP contribution in [-0.4, -0.2) is 72.5 Å². The Hall–Kier alpha value is -4.08. The number of carbonyl (C=O) groups is 4. The van der Waals surface area contributed by atoms with Gasteiger partial charge in [-0.25, -0.2) is 9.59 Å². The normalized spacial score (nSPS) is 12.2. The number of hydrogen-bond donors (Lipinski definition) is 3. The third-order valence-electron chi connectivity index (χ3n) is 5.91. The molecular weight excluding hydrogens is 490 g/mol. The van der Waals surface area contributed by atoms with Gasteiger partial charge in [0, 0.05) is 32.0 Å². The van der Waals surface area contributed by atoms with E-state index in [-0.39, 0.29) is 38.6 Å². The monoisotopic (exact) mass is 525 g/mol. The van der Waals surface area contributed by atoms with Crippen molar-refractivity contribution < 1.29 is 33.8 Å². The van der Waals surface area contributed by atoms with Crippen molar-refractivity contribution in [2.24, 2.45) is 0 Å². The minimum absolute atomic E-state index is 0.0180. The van der Waals surface area contributed by atoms with Gasteiger partial charge in [0.15, 0.2) is 0 Å². The molecule has 0 saturated carbocycles. The molecule has 0 unspecified atom stereocenters. The van der Waals surface area contributed by atoms with Gasteiger partial charge in [0.25, 0.3) is 0 Å². The van der Waals surface area contributed by atoms with Crippen LogP contribution in [0.3, 0.4) is 0 Å². The van der Waals surface area contributed by atoms with Crippen LogP contribution in [0.4, 0.5) is 9.59 Å². The Kier molecular flexibility index (Phi) is 9.70. The fourth-order valence-electron chi connectivity index (χ4n) is 4.30. The highest BCUT2D eigenvalue weighted by molar-refractivity contribution is 5.81. The summed E-state index contributed by atoms with van der Waals surface area (Å²) in [7, 11) is 0. The van der Waals surface area contributed by atoms with Crippen molar-refractivity contribution in [1.82, 2.24) is 15.5 Å². The van der Waals surface area contributed by atoms with E-state index < -0.39 is 36.2 Å². The largest absolute Gasteiger partial charge is 0.480 e. The van der Waals surface area contributed by atoms with Crippen molar-refractivity contribution >= 4 is 24.1 Å². The lowest BCUT2D eigenvalue weighted by Crippen LogP contribution is -2.42. The Morgan fingerprint density at radius 3 is 2.05 bits per heavy atom. The first-order chi connectivity index (χ1) is 18.0. The van der Waals surface area contributed by atoms with Crippen LogP contribution in [0.1, 0.15) is 50.7 Å². The average molecular weight is 526 g/mol. The molecule has 0 aliphatic heterocycles. The summed E-state index contributed by atoms with van der Waals surface area (Å²) >= 11 is 0. The number of carboxylic acid groups (broad SMARTS) is 1. The van der Waals surface area contributed by atoms with Gasteiger partial charge < -0.3 is 30.1 Å². The summed E-state index contributed by atoms with van der Waals surface area (Å²) in [6, 6.07) is 16.1. The van der Waals surface area contributed by atoms with Crippen molar-refractivity contribution in [1.29, 1.82) is 0 Å². The number of ether oxygens (including phenoxy) is 2. The van der Waals surface area contributed by atoms with E-state index in [1.165, 1.54) is 0 Å². The van der Waals surface area contributed by atoms with Gasteiger partial charge in [-0.3, -0.25) is 9.59 Å². The second-order valence-corrected chi connectivity index (χ2v) is 9.99. The van der Waals surface area contributed by atoms with Crippen LogP contribution in [-0.2, 0) is 19.1 Å². The highest BCUT2D eigenvalue weighted by Crippen LogP contribution is 2.44. The summed E-state index contributed by atoms with van der Waals surface area (Å²) in [5, 5.41) is 14.3. The van der Waals surface area contributed by atoms with E-state index in [1.807, 2.05) is 36.4 Å². The molecule has 0 atom stereocenters. The molecule has 2 aromatic carbocycles. The second-order valence-electron chi connectivity index (χ2n) is 9.99. The smallest absolute Gasteiger partial charge is 0.407 e. The Labute approximate surface area is 222 Å². The standard InChI is InChI=1S/C28H35N3O7/c1-28(2,3)38-27(36)30-15-16-31(17-25(33)34)24(32)13-8-14-29-26(35)37-18-23-21-11-6-4-9-19(21)20-10-5-7-12-22(20)23/h4-7,9-12,23H,8,13-18H2,1-3H3,(H,29,35)(H,30,36)(H,33,34). The van der Waals surface area contributed by atoms with Crippen LogP contribution in [0.25, 0.3) is 11.1 Å². The maximum absolute atomic E-state index is 12.5. The van der Waals surface area contributed by atoms with Crippen LogP contribution in [0.2, 0.25) is 0 Å². The summed E-state index contributed by atoms with van der Waals surface area (Å²) in [4.78, 5) is 48.9. The quantitative estimate of drug-likeness (QED) is 0.381. The number of amides is 3. The molecule has 1 aliphatic carbocycles. The molecule has 0 fully saturated rings. The van der Waals surface area contributed by atoms with Crippen molar-refractivity contribution in [3.8, 4) is 11.1 Å². The van der Waals surface area contributed by atoms with E-state index in [0.29, 0.717) is 6.42 Å². The van der Waals surface area contributed by atoms with Gasteiger partial charge in [0.1, 0.15) is 18.8 Å². The predicted octanol–water partition coefficient (Wildman–Crippen LogP) is 3.74. The first-order valence-corrected chi connectivity index (χ1v) is 12.6. The third-order valence-corrected chi connectivity index (χ3v) is 5.91. The third kappa shape index (κ3) is 8.22. The van der Waals surface area contributed by atoms with Crippen molar-refractivity contribution in [2.45, 2.75) is 45.1 Å². The van der Waals surface area contributed by atoms with E-state index in [9.17, 15) is 19.2 Å². The number of carbonyl (C=O) groups excluding carboxylic acids is 3. The topological polar surface area (TPSA) is 134 Å². The number of rotatable bonds is 11. The molecule has 3 amide bonds. The lowest BCUT2D eigenvalue weighted by atomic mass is 9.98. The molecule has 0 heterocycles. The molecule has 1 aliphatic rings. The fourth-order valence-corrected chi connectivity index (χ4v) is 4.30. The van der Waals surface area contributed by atoms with E-state index in [1.54, 1.807) is 20.8 Å². The van der Waals surface area contributed by atoms with Gasteiger partial charge in [0.2, 0.25) is 5.91 Å². The summed E-state index contributed by atoms with van der Waals surface area (Å²) in [6.07, 6.45) is -0.891. The van der Waals surface area contributed by atoms with Gasteiger partial charge in [-0.15, -0.1) is 0 Å². The molecule has 0 saturated heterocycles. The molecular formula is C28H35N3O7. The lowest BCUT2D eigenvalue weighted by Gasteiger charge is -2.23. The number of hydrogen-bond acceptors (Lipinski definition) is 6. The van der Waals surface area contributed by atoms with E-state index in [4.69, 9.17) is 14.6 Å². The lowest BCUT2D eigenvalue weighted by molar-refractivity contribution is -0.144.